The van der Waals surface area contributed by atoms with Crippen molar-refractivity contribution in [3.63, 3.8) is 0 Å². The largest absolute Gasteiger partial charge is 0.305 e. The molecule has 1 saturated heterocycles. The van der Waals surface area contributed by atoms with Crippen LogP contribution in [0.25, 0.3) is 10.6 Å². The van der Waals surface area contributed by atoms with E-state index in [-0.39, 0.29) is 11.9 Å². The van der Waals surface area contributed by atoms with Crippen molar-refractivity contribution in [3.05, 3.63) is 52.0 Å². The van der Waals surface area contributed by atoms with Gasteiger partial charge in [0.15, 0.2) is 5.13 Å². The first-order valence-corrected chi connectivity index (χ1v) is 10.3. The minimum atomic E-state index is -0.181. The van der Waals surface area contributed by atoms with Crippen molar-refractivity contribution in [1.29, 1.82) is 0 Å². The van der Waals surface area contributed by atoms with Crippen molar-refractivity contribution in [2.24, 2.45) is 0 Å². The van der Waals surface area contributed by atoms with Crippen molar-refractivity contribution in [1.82, 2.24) is 15.3 Å². The number of aromatic nitrogens is 2. The molecular weight excluding hydrogens is 364 g/mol. The summed E-state index contributed by atoms with van der Waals surface area (Å²) in [5.41, 5.74) is 3.15. The highest BCUT2D eigenvalue weighted by atomic mass is 32.1. The van der Waals surface area contributed by atoms with Crippen LogP contribution in [0.15, 0.2) is 35.7 Å². The number of rotatable bonds is 4. The summed E-state index contributed by atoms with van der Waals surface area (Å²) in [5.74, 6) is 0.364. The van der Waals surface area contributed by atoms with Gasteiger partial charge in [-0.2, -0.15) is 0 Å². The first-order valence-electron chi connectivity index (χ1n) is 8.59. The lowest BCUT2D eigenvalue weighted by Crippen LogP contribution is -2.35. The summed E-state index contributed by atoms with van der Waals surface area (Å²) in [6, 6.07) is 10.2. The molecule has 0 spiro atoms. The Balaban J connectivity index is 1.41. The number of hydrogen-bond acceptors (Lipinski definition) is 6. The summed E-state index contributed by atoms with van der Waals surface area (Å²) in [5, 5.41) is 9.94. The lowest BCUT2D eigenvalue weighted by Gasteiger charge is -2.10. The van der Waals surface area contributed by atoms with Gasteiger partial charge in [0.2, 0.25) is 5.91 Å². The molecule has 5 nitrogen and oxygen atoms in total. The van der Waals surface area contributed by atoms with Crippen LogP contribution in [0.2, 0.25) is 0 Å². The monoisotopic (exact) mass is 384 g/mol. The minimum Gasteiger partial charge on any atom is -0.305 e. The standard InChI is InChI=1S/C19H20N4OS2/c1-11-17(26-12(2)21-11)16-10-25-19(22-16)23-18(24)15-8-14(9-20-15)13-6-4-3-5-7-13/h3-7,10,14-15,20H,8-9H2,1-2H3,(H,22,23,24)/t14-,15+/m0/s1. The molecular formula is C19H20N4OS2. The Morgan fingerprint density at radius 3 is 2.77 bits per heavy atom. The van der Waals surface area contributed by atoms with Gasteiger partial charge in [0.1, 0.15) is 0 Å². The molecule has 1 aromatic carbocycles. The van der Waals surface area contributed by atoms with Crippen LogP contribution in [0.5, 0.6) is 0 Å². The van der Waals surface area contributed by atoms with Crippen LogP contribution in [0.3, 0.4) is 0 Å². The Morgan fingerprint density at radius 1 is 1.23 bits per heavy atom. The van der Waals surface area contributed by atoms with Crippen LogP contribution in [0.4, 0.5) is 5.13 Å². The molecule has 1 aliphatic rings. The topological polar surface area (TPSA) is 66.9 Å². The maximum Gasteiger partial charge on any atom is 0.243 e. The van der Waals surface area contributed by atoms with Gasteiger partial charge in [0.25, 0.3) is 0 Å². The van der Waals surface area contributed by atoms with Crippen LogP contribution in [-0.2, 0) is 4.79 Å². The summed E-state index contributed by atoms with van der Waals surface area (Å²) in [7, 11) is 0. The molecule has 7 heteroatoms. The number of hydrogen-bond donors (Lipinski definition) is 2. The maximum absolute atomic E-state index is 12.6. The van der Waals surface area contributed by atoms with Crippen LogP contribution in [0, 0.1) is 13.8 Å². The number of benzene rings is 1. The first-order chi connectivity index (χ1) is 12.6. The lowest BCUT2D eigenvalue weighted by molar-refractivity contribution is -0.117. The Hall–Kier alpha value is -2.09. The molecule has 134 valence electrons. The van der Waals surface area contributed by atoms with Gasteiger partial charge < -0.3 is 10.6 Å². The van der Waals surface area contributed by atoms with Gasteiger partial charge in [-0.3, -0.25) is 4.79 Å². The molecule has 1 amide bonds. The van der Waals surface area contributed by atoms with Crippen molar-refractivity contribution < 1.29 is 4.79 Å². The first kappa shape index (κ1) is 17.3. The third-order valence-electron chi connectivity index (χ3n) is 4.59. The van der Waals surface area contributed by atoms with Gasteiger partial charge in [-0.1, -0.05) is 30.3 Å². The van der Waals surface area contributed by atoms with E-state index >= 15 is 0 Å². The molecule has 2 atom stereocenters. The lowest BCUT2D eigenvalue weighted by atomic mass is 9.96. The fraction of sp³-hybridized carbons (Fsp3) is 0.316. The molecule has 2 aromatic heterocycles. The predicted molar refractivity (Wildman–Crippen MR) is 107 cm³/mol. The second-order valence-corrected chi connectivity index (χ2v) is 8.54. The van der Waals surface area contributed by atoms with E-state index in [0.29, 0.717) is 11.0 Å². The quantitative estimate of drug-likeness (QED) is 0.714. The molecule has 1 fully saturated rings. The number of aryl methyl sites for hydroxylation is 2. The van der Waals surface area contributed by atoms with E-state index in [2.05, 4.69) is 32.7 Å². The van der Waals surface area contributed by atoms with Gasteiger partial charge in [-0.15, -0.1) is 22.7 Å². The minimum absolute atomic E-state index is 0.0125. The van der Waals surface area contributed by atoms with E-state index < -0.39 is 0 Å². The Bertz CT molecular complexity index is 919. The molecule has 1 aliphatic heterocycles. The number of carbonyl (C=O) groups is 1. The van der Waals surface area contributed by atoms with E-state index in [1.54, 1.807) is 11.3 Å². The Kier molecular flexibility index (Phi) is 4.84. The van der Waals surface area contributed by atoms with E-state index in [1.165, 1.54) is 16.9 Å². The summed E-state index contributed by atoms with van der Waals surface area (Å²) in [6.45, 7) is 4.80. The highest BCUT2D eigenvalue weighted by Crippen LogP contribution is 2.32. The molecule has 0 bridgehead atoms. The smallest absolute Gasteiger partial charge is 0.243 e. The predicted octanol–water partition coefficient (Wildman–Crippen LogP) is 3.97. The number of nitrogens with one attached hydrogen (secondary N) is 2. The number of amides is 1. The molecule has 0 aliphatic carbocycles. The number of nitrogens with zero attached hydrogens (tertiary/aromatic N) is 2. The Labute approximate surface area is 160 Å². The molecule has 0 saturated carbocycles. The van der Waals surface area contributed by atoms with Gasteiger partial charge in [-0.05, 0) is 31.7 Å². The van der Waals surface area contributed by atoms with Crippen molar-refractivity contribution >= 4 is 33.7 Å². The average Bonchev–Trinajstić information content (AvgIpc) is 3.35. The van der Waals surface area contributed by atoms with Crippen molar-refractivity contribution in [3.8, 4) is 10.6 Å². The number of carbonyl (C=O) groups excluding carboxylic acids is 1. The Morgan fingerprint density at radius 2 is 2.04 bits per heavy atom. The highest BCUT2D eigenvalue weighted by molar-refractivity contribution is 7.16. The molecule has 0 unspecified atom stereocenters. The molecule has 3 aromatic rings. The average molecular weight is 385 g/mol. The fourth-order valence-electron chi connectivity index (χ4n) is 3.31. The third kappa shape index (κ3) is 3.56. The van der Waals surface area contributed by atoms with Crippen molar-refractivity contribution in [2.75, 3.05) is 11.9 Å². The SMILES string of the molecule is Cc1nc(C)c(-c2csc(NC(=O)[C@H]3C[C@H](c4ccccc4)CN3)n2)s1. The zero-order valence-electron chi connectivity index (χ0n) is 14.7. The number of thiazole rings is 2. The molecule has 0 radical (unpaired) electrons. The van der Waals surface area contributed by atoms with Gasteiger partial charge >= 0.3 is 0 Å². The highest BCUT2D eigenvalue weighted by Gasteiger charge is 2.30. The van der Waals surface area contributed by atoms with E-state index in [9.17, 15) is 4.79 Å². The van der Waals surface area contributed by atoms with E-state index in [4.69, 9.17) is 0 Å². The van der Waals surface area contributed by atoms with E-state index in [1.807, 2.05) is 37.4 Å². The summed E-state index contributed by atoms with van der Waals surface area (Å²) in [4.78, 5) is 22.7. The zero-order chi connectivity index (χ0) is 18.1. The summed E-state index contributed by atoms with van der Waals surface area (Å²) in [6.07, 6.45) is 0.807. The van der Waals surface area contributed by atoms with Crippen LogP contribution >= 0.6 is 22.7 Å². The number of anilines is 1. The zero-order valence-corrected chi connectivity index (χ0v) is 16.3. The molecule has 26 heavy (non-hydrogen) atoms. The molecule has 4 rings (SSSR count). The second kappa shape index (κ2) is 7.26. The van der Waals surface area contributed by atoms with Crippen LogP contribution in [0.1, 0.15) is 28.6 Å². The maximum atomic E-state index is 12.6. The van der Waals surface area contributed by atoms with Gasteiger partial charge in [0.05, 0.1) is 27.3 Å². The summed E-state index contributed by atoms with van der Waals surface area (Å²) < 4.78 is 0. The summed E-state index contributed by atoms with van der Waals surface area (Å²) >= 11 is 3.09. The van der Waals surface area contributed by atoms with E-state index in [0.717, 1.165) is 34.2 Å². The van der Waals surface area contributed by atoms with Crippen LogP contribution < -0.4 is 10.6 Å². The van der Waals surface area contributed by atoms with Crippen LogP contribution in [-0.4, -0.2) is 28.5 Å². The van der Waals surface area contributed by atoms with Crippen molar-refractivity contribution in [2.45, 2.75) is 32.2 Å². The van der Waals surface area contributed by atoms with Gasteiger partial charge in [0, 0.05) is 11.9 Å². The molecule has 3 heterocycles. The normalized spacial score (nSPS) is 19.6. The fourth-order valence-corrected chi connectivity index (χ4v) is 4.97. The molecule has 2 N–H and O–H groups in total. The second-order valence-electron chi connectivity index (χ2n) is 6.48. The van der Waals surface area contributed by atoms with Gasteiger partial charge in [-0.25, -0.2) is 9.97 Å². The third-order valence-corrected chi connectivity index (χ3v) is 6.44.